The normalized spacial score (nSPS) is 23.5. The van der Waals surface area contributed by atoms with Gasteiger partial charge in [-0.2, -0.15) is 0 Å². The summed E-state index contributed by atoms with van der Waals surface area (Å²) in [6.07, 6.45) is 0.911. The van der Waals surface area contributed by atoms with E-state index < -0.39 is 0 Å². The Balaban J connectivity index is 1.84. The second kappa shape index (κ2) is 6.34. The van der Waals surface area contributed by atoms with Crippen LogP contribution in [0.3, 0.4) is 0 Å². The summed E-state index contributed by atoms with van der Waals surface area (Å²) in [5.41, 5.74) is 5.21. The highest BCUT2D eigenvalue weighted by atomic mass is 16.2. The van der Waals surface area contributed by atoms with Crippen molar-refractivity contribution in [3.8, 4) is 0 Å². The maximum atomic E-state index is 12.4. The summed E-state index contributed by atoms with van der Waals surface area (Å²) in [6.45, 7) is 7.30. The zero-order valence-electron chi connectivity index (χ0n) is 11.6. The Kier molecular flexibility index (Phi) is 4.76. The molecule has 2 saturated heterocycles. The van der Waals surface area contributed by atoms with Gasteiger partial charge in [0.15, 0.2) is 0 Å². The monoisotopic (exact) mass is 268 g/mol. The van der Waals surface area contributed by atoms with Gasteiger partial charge in [0.05, 0.1) is 6.54 Å². The molecule has 6 nitrogen and oxygen atoms in total. The number of hydrogen-bond donors (Lipinski definition) is 2. The van der Waals surface area contributed by atoms with Gasteiger partial charge in [-0.25, -0.2) is 0 Å². The van der Waals surface area contributed by atoms with E-state index in [0.29, 0.717) is 19.0 Å². The summed E-state index contributed by atoms with van der Waals surface area (Å²) in [4.78, 5) is 27.3. The highest BCUT2D eigenvalue weighted by Crippen LogP contribution is 2.19. The van der Waals surface area contributed by atoms with Crippen molar-refractivity contribution in [2.45, 2.75) is 13.3 Å². The molecular weight excluding hydrogens is 244 g/mol. The fraction of sp³-hybridized carbons (Fsp3) is 0.846. The number of nitrogens with one attached hydrogen (secondary N) is 1. The zero-order valence-corrected chi connectivity index (χ0v) is 11.6. The summed E-state index contributed by atoms with van der Waals surface area (Å²) < 4.78 is 0. The van der Waals surface area contributed by atoms with Crippen LogP contribution in [0.4, 0.5) is 0 Å². The van der Waals surface area contributed by atoms with Gasteiger partial charge in [0.25, 0.3) is 0 Å². The van der Waals surface area contributed by atoms with Crippen molar-refractivity contribution in [1.29, 1.82) is 0 Å². The molecular formula is C13H24N4O2. The molecule has 0 aromatic rings. The lowest BCUT2D eigenvalue weighted by molar-refractivity contribution is -0.137. The van der Waals surface area contributed by atoms with Crippen molar-refractivity contribution in [1.82, 2.24) is 15.1 Å². The molecule has 19 heavy (non-hydrogen) atoms. The minimum atomic E-state index is -0.298. The van der Waals surface area contributed by atoms with Crippen LogP contribution in [0.25, 0.3) is 0 Å². The van der Waals surface area contributed by atoms with Crippen molar-refractivity contribution < 1.29 is 9.59 Å². The van der Waals surface area contributed by atoms with Crippen molar-refractivity contribution in [3.63, 3.8) is 0 Å². The van der Waals surface area contributed by atoms with Crippen molar-refractivity contribution in [2.75, 3.05) is 45.8 Å². The van der Waals surface area contributed by atoms with Crippen molar-refractivity contribution >= 4 is 11.8 Å². The second-order valence-electron chi connectivity index (χ2n) is 5.63. The minimum Gasteiger partial charge on any atom is -0.369 e. The van der Waals surface area contributed by atoms with E-state index in [1.165, 1.54) is 0 Å². The number of amides is 2. The second-order valence-corrected chi connectivity index (χ2v) is 5.63. The molecule has 1 atom stereocenters. The lowest BCUT2D eigenvalue weighted by Gasteiger charge is -2.34. The average molecular weight is 268 g/mol. The van der Waals surface area contributed by atoms with Gasteiger partial charge in [-0.3, -0.25) is 14.5 Å². The van der Waals surface area contributed by atoms with Gasteiger partial charge in [0.1, 0.15) is 0 Å². The lowest BCUT2D eigenvalue weighted by Crippen LogP contribution is -2.51. The molecule has 2 aliphatic heterocycles. The predicted octanol–water partition coefficient (Wildman–Crippen LogP) is -1.14. The SMILES string of the molecule is CC(C(=O)N1CCCN(CC(N)=O)CC1)C1CNC1. The van der Waals surface area contributed by atoms with Crippen molar-refractivity contribution in [3.05, 3.63) is 0 Å². The van der Waals surface area contributed by atoms with Crippen LogP contribution >= 0.6 is 0 Å². The maximum Gasteiger partial charge on any atom is 0.231 e. The van der Waals surface area contributed by atoms with Crippen LogP contribution in [0.1, 0.15) is 13.3 Å². The van der Waals surface area contributed by atoms with Gasteiger partial charge in [0, 0.05) is 32.1 Å². The van der Waals surface area contributed by atoms with Gasteiger partial charge in [-0.15, -0.1) is 0 Å². The Labute approximate surface area is 114 Å². The molecule has 0 radical (unpaired) electrons. The summed E-state index contributed by atoms with van der Waals surface area (Å²) >= 11 is 0. The van der Waals surface area contributed by atoms with Crippen LogP contribution in [0.15, 0.2) is 0 Å². The van der Waals surface area contributed by atoms with Crippen LogP contribution in [0.2, 0.25) is 0 Å². The van der Waals surface area contributed by atoms with E-state index in [9.17, 15) is 9.59 Å². The molecule has 0 aliphatic carbocycles. The third-order valence-corrected chi connectivity index (χ3v) is 4.19. The van der Waals surface area contributed by atoms with Gasteiger partial charge in [0.2, 0.25) is 11.8 Å². The molecule has 6 heteroatoms. The highest BCUT2D eigenvalue weighted by molar-refractivity contribution is 5.79. The summed E-state index contributed by atoms with van der Waals surface area (Å²) in [5, 5.41) is 3.21. The van der Waals surface area contributed by atoms with Crippen molar-refractivity contribution in [2.24, 2.45) is 17.6 Å². The molecule has 2 heterocycles. The maximum absolute atomic E-state index is 12.4. The number of hydrogen-bond acceptors (Lipinski definition) is 4. The molecule has 0 aromatic carbocycles. The number of carbonyl (C=O) groups is 2. The highest BCUT2D eigenvalue weighted by Gasteiger charge is 2.32. The molecule has 2 aliphatic rings. The number of carbonyl (C=O) groups excluding carboxylic acids is 2. The Hall–Kier alpha value is -1.14. The quantitative estimate of drug-likeness (QED) is 0.676. The summed E-state index contributed by atoms with van der Waals surface area (Å²) in [6, 6.07) is 0. The summed E-state index contributed by atoms with van der Waals surface area (Å²) in [5.74, 6) is 0.544. The topological polar surface area (TPSA) is 78.7 Å². The van der Waals surface area contributed by atoms with E-state index in [-0.39, 0.29) is 17.7 Å². The Morgan fingerprint density at radius 3 is 2.58 bits per heavy atom. The van der Waals surface area contributed by atoms with E-state index in [1.807, 2.05) is 16.7 Å². The number of nitrogens with two attached hydrogens (primary N) is 1. The molecule has 3 N–H and O–H groups in total. The zero-order chi connectivity index (χ0) is 13.8. The van der Waals surface area contributed by atoms with E-state index in [4.69, 9.17) is 5.73 Å². The first-order chi connectivity index (χ1) is 9.08. The Morgan fingerprint density at radius 1 is 1.26 bits per heavy atom. The first-order valence-electron chi connectivity index (χ1n) is 7.08. The van der Waals surface area contributed by atoms with Gasteiger partial charge in [-0.1, -0.05) is 6.92 Å². The lowest BCUT2D eigenvalue weighted by atomic mass is 9.88. The smallest absolute Gasteiger partial charge is 0.231 e. The third-order valence-electron chi connectivity index (χ3n) is 4.19. The first kappa shape index (κ1) is 14.3. The fourth-order valence-electron chi connectivity index (χ4n) is 2.72. The molecule has 0 saturated carbocycles. The van der Waals surface area contributed by atoms with Crippen LogP contribution < -0.4 is 11.1 Å². The average Bonchev–Trinajstić information content (AvgIpc) is 2.50. The van der Waals surface area contributed by atoms with Gasteiger partial charge in [-0.05, 0) is 25.4 Å². The van der Waals surface area contributed by atoms with Gasteiger partial charge < -0.3 is 16.0 Å². The molecule has 108 valence electrons. The van der Waals surface area contributed by atoms with Crippen LogP contribution in [0.5, 0.6) is 0 Å². The molecule has 0 bridgehead atoms. The molecule has 2 rings (SSSR count). The number of nitrogens with zero attached hydrogens (tertiary/aromatic N) is 2. The molecule has 0 aromatic heterocycles. The Morgan fingerprint density at radius 2 is 2.00 bits per heavy atom. The largest absolute Gasteiger partial charge is 0.369 e. The van der Waals surface area contributed by atoms with Crippen LogP contribution in [0, 0.1) is 11.8 Å². The Bertz CT molecular complexity index is 344. The standard InChI is InChI=1S/C13H24N4O2/c1-10(11-7-15-8-11)13(19)17-4-2-3-16(5-6-17)9-12(14)18/h10-11,15H,2-9H2,1H3,(H2,14,18). The predicted molar refractivity (Wildman–Crippen MR) is 72.4 cm³/mol. The van der Waals surface area contributed by atoms with E-state index in [1.54, 1.807) is 0 Å². The van der Waals surface area contributed by atoms with Crippen LogP contribution in [-0.4, -0.2) is 67.4 Å². The number of rotatable bonds is 4. The van der Waals surface area contributed by atoms with E-state index in [0.717, 1.165) is 39.1 Å². The fourth-order valence-corrected chi connectivity index (χ4v) is 2.72. The van der Waals surface area contributed by atoms with Gasteiger partial charge >= 0.3 is 0 Å². The van der Waals surface area contributed by atoms with Crippen LogP contribution in [-0.2, 0) is 9.59 Å². The minimum absolute atomic E-state index is 0.101. The molecule has 2 amide bonds. The third kappa shape index (κ3) is 3.67. The molecule has 2 fully saturated rings. The first-order valence-corrected chi connectivity index (χ1v) is 7.08. The summed E-state index contributed by atoms with van der Waals surface area (Å²) in [7, 11) is 0. The van der Waals surface area contributed by atoms with E-state index >= 15 is 0 Å². The molecule has 1 unspecified atom stereocenters. The molecule has 0 spiro atoms. The number of primary amides is 1. The van der Waals surface area contributed by atoms with E-state index in [2.05, 4.69) is 5.32 Å².